The second-order valence-corrected chi connectivity index (χ2v) is 6.91. The molecule has 0 saturated carbocycles. The van der Waals surface area contributed by atoms with Crippen LogP contribution in [0.15, 0.2) is 48.5 Å². The average Bonchev–Trinajstić information content (AvgIpc) is 2.63. The minimum absolute atomic E-state index is 0.00600. The minimum atomic E-state index is -0.187. The maximum Gasteiger partial charge on any atom is 0.258 e. The molecular formula is C21H27NO4. The van der Waals surface area contributed by atoms with Crippen molar-refractivity contribution in [2.75, 3.05) is 26.9 Å². The Kier molecular flexibility index (Phi) is 6.89. The van der Waals surface area contributed by atoms with Gasteiger partial charge < -0.3 is 19.5 Å². The lowest BCUT2D eigenvalue weighted by Gasteiger charge is -2.22. The van der Waals surface area contributed by atoms with Crippen molar-refractivity contribution in [2.24, 2.45) is 0 Å². The number of hydrogen-bond acceptors (Lipinski definition) is 4. The monoisotopic (exact) mass is 357 g/mol. The number of ether oxygens (including phenoxy) is 3. The van der Waals surface area contributed by atoms with Gasteiger partial charge in [0.1, 0.15) is 23.9 Å². The highest BCUT2D eigenvalue weighted by Gasteiger charge is 2.18. The van der Waals surface area contributed by atoms with E-state index in [-0.39, 0.29) is 17.9 Å². The van der Waals surface area contributed by atoms with E-state index in [0.29, 0.717) is 18.9 Å². The summed E-state index contributed by atoms with van der Waals surface area (Å²) in [5.74, 6) is 2.03. The Balaban J connectivity index is 1.72. The molecule has 2 aromatic carbocycles. The highest BCUT2D eigenvalue weighted by molar-refractivity contribution is 5.77. The third kappa shape index (κ3) is 5.99. The maximum absolute atomic E-state index is 11.9. The molecule has 0 spiro atoms. The summed E-state index contributed by atoms with van der Waals surface area (Å²) in [4.78, 5) is 11.9. The van der Waals surface area contributed by atoms with Gasteiger partial charge in [-0.05, 0) is 41.3 Å². The summed E-state index contributed by atoms with van der Waals surface area (Å²) in [5.41, 5.74) is 1.15. The lowest BCUT2D eigenvalue weighted by molar-refractivity contribution is -0.123. The number of amides is 1. The SMILES string of the molecule is COc1ccc(OCC(=O)NCCOc2ccccc2C(C)(C)C)cc1. The summed E-state index contributed by atoms with van der Waals surface area (Å²) in [6.07, 6.45) is 0. The second kappa shape index (κ2) is 9.13. The van der Waals surface area contributed by atoms with Crippen LogP contribution in [0.3, 0.4) is 0 Å². The van der Waals surface area contributed by atoms with Gasteiger partial charge in [0, 0.05) is 0 Å². The highest BCUT2D eigenvalue weighted by Crippen LogP contribution is 2.30. The Morgan fingerprint density at radius 1 is 0.962 bits per heavy atom. The van der Waals surface area contributed by atoms with Crippen LogP contribution in [0.4, 0.5) is 0 Å². The fraction of sp³-hybridized carbons (Fsp3) is 0.381. The van der Waals surface area contributed by atoms with E-state index in [9.17, 15) is 4.79 Å². The molecule has 5 nitrogen and oxygen atoms in total. The van der Waals surface area contributed by atoms with Crippen LogP contribution in [0, 0.1) is 0 Å². The fourth-order valence-electron chi connectivity index (χ4n) is 2.44. The van der Waals surface area contributed by atoms with E-state index in [2.05, 4.69) is 32.2 Å². The number of para-hydroxylation sites is 1. The first-order valence-electron chi connectivity index (χ1n) is 8.66. The molecule has 0 bridgehead atoms. The number of carbonyl (C=O) groups is 1. The molecule has 26 heavy (non-hydrogen) atoms. The molecule has 0 radical (unpaired) electrons. The zero-order valence-electron chi connectivity index (χ0n) is 15.9. The van der Waals surface area contributed by atoms with E-state index in [1.807, 2.05) is 18.2 Å². The van der Waals surface area contributed by atoms with Gasteiger partial charge in [-0.15, -0.1) is 0 Å². The Morgan fingerprint density at radius 3 is 2.27 bits per heavy atom. The first-order valence-corrected chi connectivity index (χ1v) is 8.66. The van der Waals surface area contributed by atoms with Gasteiger partial charge in [0.15, 0.2) is 6.61 Å². The molecule has 0 unspecified atom stereocenters. The molecule has 1 N–H and O–H groups in total. The lowest BCUT2D eigenvalue weighted by atomic mass is 9.86. The normalized spacial score (nSPS) is 10.9. The van der Waals surface area contributed by atoms with Crippen LogP contribution in [0.1, 0.15) is 26.3 Å². The van der Waals surface area contributed by atoms with E-state index < -0.39 is 0 Å². The number of hydrogen-bond donors (Lipinski definition) is 1. The summed E-state index contributed by atoms with van der Waals surface area (Å²) >= 11 is 0. The van der Waals surface area contributed by atoms with E-state index >= 15 is 0 Å². The van der Waals surface area contributed by atoms with E-state index in [0.717, 1.165) is 17.1 Å². The lowest BCUT2D eigenvalue weighted by Crippen LogP contribution is -2.32. The molecule has 2 aromatic rings. The largest absolute Gasteiger partial charge is 0.497 e. The molecule has 2 rings (SSSR count). The van der Waals surface area contributed by atoms with Crippen molar-refractivity contribution >= 4 is 5.91 Å². The van der Waals surface area contributed by atoms with Gasteiger partial charge in [0.2, 0.25) is 0 Å². The van der Waals surface area contributed by atoms with Crippen LogP contribution in [0.5, 0.6) is 17.2 Å². The standard InChI is InChI=1S/C21H27NO4/c1-21(2,3)18-7-5-6-8-19(18)25-14-13-22-20(23)15-26-17-11-9-16(24-4)10-12-17/h5-12H,13-15H2,1-4H3,(H,22,23). The van der Waals surface area contributed by atoms with Gasteiger partial charge in [-0.3, -0.25) is 4.79 Å². The van der Waals surface area contributed by atoms with Crippen LogP contribution in [0.2, 0.25) is 0 Å². The first kappa shape index (κ1) is 19.6. The number of nitrogens with one attached hydrogen (secondary N) is 1. The third-order valence-corrected chi connectivity index (χ3v) is 3.81. The quantitative estimate of drug-likeness (QED) is 0.734. The van der Waals surface area contributed by atoms with Crippen molar-refractivity contribution in [3.8, 4) is 17.2 Å². The molecule has 0 fully saturated rings. The van der Waals surface area contributed by atoms with Crippen LogP contribution >= 0.6 is 0 Å². The second-order valence-electron chi connectivity index (χ2n) is 6.91. The van der Waals surface area contributed by atoms with Crippen molar-refractivity contribution in [1.82, 2.24) is 5.32 Å². The summed E-state index contributed by atoms with van der Waals surface area (Å²) in [6, 6.07) is 15.1. The Hall–Kier alpha value is -2.69. The Bertz CT molecular complexity index is 705. The maximum atomic E-state index is 11.9. The zero-order chi connectivity index (χ0) is 19.0. The Morgan fingerprint density at radius 2 is 1.62 bits per heavy atom. The molecule has 1 amide bonds. The number of carbonyl (C=O) groups excluding carboxylic acids is 1. The number of rotatable bonds is 8. The molecule has 0 aliphatic heterocycles. The van der Waals surface area contributed by atoms with Gasteiger partial charge in [0.25, 0.3) is 5.91 Å². The molecule has 0 aromatic heterocycles. The van der Waals surface area contributed by atoms with Crippen LogP contribution in [-0.2, 0) is 10.2 Å². The summed E-state index contributed by atoms with van der Waals surface area (Å²) in [7, 11) is 1.60. The molecule has 0 saturated heterocycles. The topological polar surface area (TPSA) is 56.8 Å². The van der Waals surface area contributed by atoms with Crippen LogP contribution in [0.25, 0.3) is 0 Å². The third-order valence-electron chi connectivity index (χ3n) is 3.81. The molecule has 0 atom stereocenters. The molecule has 0 aliphatic rings. The van der Waals surface area contributed by atoms with Crippen molar-refractivity contribution in [3.05, 3.63) is 54.1 Å². The van der Waals surface area contributed by atoms with E-state index in [1.165, 1.54) is 0 Å². The smallest absolute Gasteiger partial charge is 0.258 e. The summed E-state index contributed by atoms with van der Waals surface area (Å²) in [5, 5.41) is 2.79. The minimum Gasteiger partial charge on any atom is -0.497 e. The van der Waals surface area contributed by atoms with Gasteiger partial charge in [-0.2, -0.15) is 0 Å². The van der Waals surface area contributed by atoms with Gasteiger partial charge in [-0.25, -0.2) is 0 Å². The summed E-state index contributed by atoms with van der Waals surface area (Å²) in [6.45, 7) is 7.23. The van der Waals surface area contributed by atoms with Crippen molar-refractivity contribution in [2.45, 2.75) is 26.2 Å². The van der Waals surface area contributed by atoms with Crippen molar-refractivity contribution in [3.63, 3.8) is 0 Å². The summed E-state index contributed by atoms with van der Waals surface area (Å²) < 4.78 is 16.3. The molecular weight excluding hydrogens is 330 g/mol. The van der Waals surface area contributed by atoms with Gasteiger partial charge >= 0.3 is 0 Å². The van der Waals surface area contributed by atoms with E-state index in [4.69, 9.17) is 14.2 Å². The van der Waals surface area contributed by atoms with Crippen LogP contribution < -0.4 is 19.5 Å². The van der Waals surface area contributed by atoms with Crippen molar-refractivity contribution in [1.29, 1.82) is 0 Å². The highest BCUT2D eigenvalue weighted by atomic mass is 16.5. The predicted molar refractivity (Wildman–Crippen MR) is 102 cm³/mol. The number of benzene rings is 2. The van der Waals surface area contributed by atoms with E-state index in [1.54, 1.807) is 31.4 Å². The fourth-order valence-corrected chi connectivity index (χ4v) is 2.44. The zero-order valence-corrected chi connectivity index (χ0v) is 15.9. The van der Waals surface area contributed by atoms with Gasteiger partial charge in [-0.1, -0.05) is 39.0 Å². The number of methoxy groups -OCH3 is 1. The molecule has 0 heterocycles. The predicted octanol–water partition coefficient (Wildman–Crippen LogP) is 3.57. The first-order chi connectivity index (χ1) is 12.4. The van der Waals surface area contributed by atoms with Gasteiger partial charge in [0.05, 0.1) is 13.7 Å². The Labute approximate surface area is 155 Å². The average molecular weight is 357 g/mol. The molecule has 0 aliphatic carbocycles. The van der Waals surface area contributed by atoms with Crippen molar-refractivity contribution < 1.29 is 19.0 Å². The van der Waals surface area contributed by atoms with Crippen LogP contribution in [-0.4, -0.2) is 32.8 Å². The molecule has 5 heteroatoms. The molecule has 140 valence electrons.